The average molecular weight is 272 g/mol. The lowest BCUT2D eigenvalue weighted by Gasteiger charge is -2.22. The maximum atomic E-state index is 11.8. The molecular formula is C12H20N2O5. The van der Waals surface area contributed by atoms with Crippen LogP contribution in [0.3, 0.4) is 0 Å². The molecule has 0 aromatic carbocycles. The van der Waals surface area contributed by atoms with Crippen LogP contribution < -0.4 is 10.6 Å². The smallest absolute Gasteiger partial charge is 0.408 e. The van der Waals surface area contributed by atoms with Gasteiger partial charge in [0.05, 0.1) is 0 Å². The van der Waals surface area contributed by atoms with Gasteiger partial charge in [-0.1, -0.05) is 26.5 Å². The molecule has 0 saturated heterocycles. The minimum Gasteiger partial charge on any atom is -0.480 e. The van der Waals surface area contributed by atoms with Gasteiger partial charge in [0, 0.05) is 0 Å². The molecule has 0 radical (unpaired) electrons. The molecule has 3 N–H and O–H groups in total. The van der Waals surface area contributed by atoms with Crippen molar-refractivity contribution in [2.45, 2.75) is 32.9 Å². The van der Waals surface area contributed by atoms with E-state index in [-0.39, 0.29) is 12.5 Å². The number of rotatable bonds is 7. The van der Waals surface area contributed by atoms with Crippen molar-refractivity contribution in [3.8, 4) is 0 Å². The number of amides is 2. The highest BCUT2D eigenvalue weighted by Gasteiger charge is 2.27. The highest BCUT2D eigenvalue weighted by Crippen LogP contribution is 2.03. The maximum Gasteiger partial charge on any atom is 0.408 e. The Morgan fingerprint density at radius 3 is 2.26 bits per heavy atom. The third kappa shape index (κ3) is 6.44. The van der Waals surface area contributed by atoms with Gasteiger partial charge in [-0.2, -0.15) is 0 Å². The quantitative estimate of drug-likeness (QED) is 0.586. The second-order valence-electron chi connectivity index (χ2n) is 4.32. The van der Waals surface area contributed by atoms with Crippen molar-refractivity contribution in [1.82, 2.24) is 10.6 Å². The van der Waals surface area contributed by atoms with Crippen LogP contribution in [0.15, 0.2) is 12.7 Å². The molecule has 0 aromatic rings. The van der Waals surface area contributed by atoms with Gasteiger partial charge >= 0.3 is 12.1 Å². The molecule has 0 heterocycles. The van der Waals surface area contributed by atoms with Gasteiger partial charge in [-0.05, 0) is 12.8 Å². The summed E-state index contributed by atoms with van der Waals surface area (Å²) in [4.78, 5) is 33.9. The molecule has 19 heavy (non-hydrogen) atoms. The molecule has 0 rings (SSSR count). The Hall–Kier alpha value is -2.05. The van der Waals surface area contributed by atoms with E-state index in [4.69, 9.17) is 9.84 Å². The van der Waals surface area contributed by atoms with Crippen LogP contribution in [0.5, 0.6) is 0 Å². The summed E-state index contributed by atoms with van der Waals surface area (Å²) in [5.74, 6) is -1.93. The van der Waals surface area contributed by atoms with Crippen LogP contribution in [0.2, 0.25) is 0 Å². The van der Waals surface area contributed by atoms with E-state index in [0.29, 0.717) is 0 Å². The lowest BCUT2D eigenvalue weighted by molar-refractivity contribution is -0.141. The Balaban J connectivity index is 4.55. The van der Waals surface area contributed by atoms with Crippen molar-refractivity contribution >= 4 is 18.0 Å². The van der Waals surface area contributed by atoms with E-state index < -0.39 is 30.1 Å². The number of hydrogen-bond acceptors (Lipinski definition) is 4. The Bertz CT molecular complexity index is 354. The minimum absolute atomic E-state index is 0.0315. The summed E-state index contributed by atoms with van der Waals surface area (Å²) in [7, 11) is 0. The molecule has 0 aliphatic rings. The Morgan fingerprint density at radius 2 is 1.84 bits per heavy atom. The number of hydrogen-bond donors (Lipinski definition) is 3. The van der Waals surface area contributed by atoms with E-state index >= 15 is 0 Å². The zero-order valence-electron chi connectivity index (χ0n) is 11.3. The summed E-state index contributed by atoms with van der Waals surface area (Å²) in [6, 6.07) is -1.89. The van der Waals surface area contributed by atoms with Crippen LogP contribution in [0, 0.1) is 5.92 Å². The van der Waals surface area contributed by atoms with E-state index in [1.54, 1.807) is 13.8 Å². The molecular weight excluding hydrogens is 252 g/mol. The number of aliphatic carboxylic acids is 1. The number of carbonyl (C=O) groups excluding carboxylic acids is 2. The Kier molecular flexibility index (Phi) is 7.25. The van der Waals surface area contributed by atoms with Crippen LogP contribution >= 0.6 is 0 Å². The SMILES string of the molecule is C=CCOC(=O)NC(C(=O)NC(C)C(=O)O)C(C)C. The minimum atomic E-state index is -1.15. The molecule has 0 aliphatic carbocycles. The van der Waals surface area contributed by atoms with Gasteiger partial charge in [-0.3, -0.25) is 9.59 Å². The summed E-state index contributed by atoms with van der Waals surface area (Å²) in [6.07, 6.45) is 0.646. The van der Waals surface area contributed by atoms with Crippen molar-refractivity contribution in [2.24, 2.45) is 5.92 Å². The summed E-state index contributed by atoms with van der Waals surface area (Å²) in [5, 5.41) is 13.4. The molecule has 7 nitrogen and oxygen atoms in total. The monoisotopic (exact) mass is 272 g/mol. The fourth-order valence-corrected chi connectivity index (χ4v) is 1.20. The standard InChI is InChI=1S/C12H20N2O5/c1-5-6-19-12(18)14-9(7(2)3)10(15)13-8(4)11(16)17/h5,7-9H,1,6H2,2-4H3,(H,13,15)(H,14,18)(H,16,17). The van der Waals surface area contributed by atoms with Crippen molar-refractivity contribution in [3.05, 3.63) is 12.7 Å². The first-order valence-electron chi connectivity index (χ1n) is 5.87. The summed E-state index contributed by atoms with van der Waals surface area (Å²) in [5.41, 5.74) is 0. The molecule has 2 amide bonds. The van der Waals surface area contributed by atoms with Gasteiger partial charge in [0.15, 0.2) is 0 Å². The van der Waals surface area contributed by atoms with Crippen LogP contribution in [-0.4, -0.2) is 41.8 Å². The van der Waals surface area contributed by atoms with Crippen LogP contribution in [0.25, 0.3) is 0 Å². The number of carboxylic acids is 1. The van der Waals surface area contributed by atoms with Crippen molar-refractivity contribution in [3.63, 3.8) is 0 Å². The number of nitrogens with one attached hydrogen (secondary N) is 2. The zero-order chi connectivity index (χ0) is 15.0. The molecule has 108 valence electrons. The summed E-state index contributed by atoms with van der Waals surface area (Å²) in [6.45, 7) is 8.22. The van der Waals surface area contributed by atoms with E-state index in [1.807, 2.05) is 0 Å². The molecule has 0 aliphatic heterocycles. The zero-order valence-corrected chi connectivity index (χ0v) is 11.3. The third-order valence-electron chi connectivity index (χ3n) is 2.28. The molecule has 0 aromatic heterocycles. The van der Waals surface area contributed by atoms with Gasteiger partial charge in [-0.25, -0.2) is 4.79 Å². The Morgan fingerprint density at radius 1 is 1.26 bits per heavy atom. The molecule has 7 heteroatoms. The van der Waals surface area contributed by atoms with E-state index in [9.17, 15) is 14.4 Å². The van der Waals surface area contributed by atoms with Gasteiger partial charge in [0.25, 0.3) is 0 Å². The first-order chi connectivity index (χ1) is 8.79. The first kappa shape index (κ1) is 16.9. The second-order valence-corrected chi connectivity index (χ2v) is 4.32. The fourth-order valence-electron chi connectivity index (χ4n) is 1.20. The molecule has 0 bridgehead atoms. The lowest BCUT2D eigenvalue weighted by Crippen LogP contribution is -2.53. The number of alkyl carbamates (subject to hydrolysis) is 1. The van der Waals surface area contributed by atoms with Gasteiger partial charge < -0.3 is 20.5 Å². The predicted molar refractivity (Wildman–Crippen MR) is 68.5 cm³/mol. The molecule has 2 unspecified atom stereocenters. The van der Waals surface area contributed by atoms with Crippen LogP contribution in [0.1, 0.15) is 20.8 Å². The van der Waals surface area contributed by atoms with Crippen molar-refractivity contribution in [1.29, 1.82) is 0 Å². The topological polar surface area (TPSA) is 105 Å². The highest BCUT2D eigenvalue weighted by atomic mass is 16.5. The van der Waals surface area contributed by atoms with Crippen molar-refractivity contribution in [2.75, 3.05) is 6.61 Å². The maximum absolute atomic E-state index is 11.8. The third-order valence-corrected chi connectivity index (χ3v) is 2.28. The van der Waals surface area contributed by atoms with E-state index in [2.05, 4.69) is 17.2 Å². The molecule has 0 spiro atoms. The predicted octanol–water partition coefficient (Wildman–Crippen LogP) is 0.512. The molecule has 2 atom stereocenters. The summed E-state index contributed by atoms with van der Waals surface area (Å²) >= 11 is 0. The summed E-state index contributed by atoms with van der Waals surface area (Å²) < 4.78 is 4.71. The Labute approximate surface area is 112 Å². The lowest BCUT2D eigenvalue weighted by atomic mass is 10.0. The van der Waals surface area contributed by atoms with Crippen LogP contribution in [0.4, 0.5) is 4.79 Å². The first-order valence-corrected chi connectivity index (χ1v) is 5.87. The number of ether oxygens (including phenoxy) is 1. The molecule has 0 fully saturated rings. The normalized spacial score (nSPS) is 13.3. The number of carbonyl (C=O) groups is 3. The highest BCUT2D eigenvalue weighted by molar-refractivity contribution is 5.89. The van der Waals surface area contributed by atoms with Gasteiger partial charge in [-0.15, -0.1) is 0 Å². The number of carboxylic acid groups (broad SMARTS) is 1. The average Bonchev–Trinajstić information content (AvgIpc) is 2.32. The fraction of sp³-hybridized carbons (Fsp3) is 0.583. The second kappa shape index (κ2) is 8.12. The van der Waals surface area contributed by atoms with Gasteiger partial charge in [0.2, 0.25) is 5.91 Å². The van der Waals surface area contributed by atoms with E-state index in [1.165, 1.54) is 13.0 Å². The largest absolute Gasteiger partial charge is 0.480 e. The molecule has 0 saturated carbocycles. The van der Waals surface area contributed by atoms with Gasteiger partial charge in [0.1, 0.15) is 18.7 Å². The van der Waals surface area contributed by atoms with Crippen molar-refractivity contribution < 1.29 is 24.2 Å². The van der Waals surface area contributed by atoms with E-state index in [0.717, 1.165) is 0 Å². The van der Waals surface area contributed by atoms with Crippen LogP contribution in [-0.2, 0) is 14.3 Å².